The van der Waals surface area contributed by atoms with Crippen LogP contribution >= 0.6 is 23.1 Å². The molecule has 1 rings (SSSR count). The molecule has 1 atom stereocenters. The quantitative estimate of drug-likeness (QED) is 0.726. The first-order valence-electron chi connectivity index (χ1n) is 5.12. The minimum absolute atomic E-state index is 0.346. The Bertz CT molecular complexity index is 424. The van der Waals surface area contributed by atoms with Crippen LogP contribution in [0, 0.1) is 6.92 Å². The van der Waals surface area contributed by atoms with E-state index < -0.39 is 18.0 Å². The zero-order valence-corrected chi connectivity index (χ0v) is 11.6. The number of carbonyl (C=O) groups is 2. The van der Waals surface area contributed by atoms with E-state index in [0.29, 0.717) is 17.3 Å². The van der Waals surface area contributed by atoms with Crippen molar-refractivity contribution < 1.29 is 14.7 Å². The maximum Gasteiger partial charge on any atom is 0.326 e. The van der Waals surface area contributed by atoms with Crippen LogP contribution in [-0.4, -0.2) is 45.4 Å². The lowest BCUT2D eigenvalue weighted by molar-refractivity contribution is -0.139. The van der Waals surface area contributed by atoms with Crippen molar-refractivity contribution in [1.29, 1.82) is 0 Å². The third kappa shape index (κ3) is 4.88. The van der Waals surface area contributed by atoms with Crippen molar-refractivity contribution in [2.75, 3.05) is 17.3 Å². The summed E-state index contributed by atoms with van der Waals surface area (Å²) in [6.07, 6.45) is 2.25. The Kier molecular flexibility index (Phi) is 5.86. The number of hydrogen-bond donors (Lipinski definition) is 3. The van der Waals surface area contributed by atoms with E-state index in [9.17, 15) is 9.59 Å². The molecule has 1 aromatic rings. The average molecular weight is 290 g/mol. The second kappa shape index (κ2) is 7.17. The Labute approximate surface area is 112 Å². The third-order valence-electron chi connectivity index (χ3n) is 1.96. The third-order valence-corrected chi connectivity index (χ3v) is 3.36. The van der Waals surface area contributed by atoms with Crippen LogP contribution in [0.4, 0.5) is 9.93 Å². The minimum Gasteiger partial charge on any atom is -0.480 e. The molecule has 0 saturated heterocycles. The Morgan fingerprint density at radius 3 is 2.72 bits per heavy atom. The minimum atomic E-state index is -1.05. The number of urea groups is 1. The fraction of sp³-hybridized carbons (Fsp3) is 0.556. The van der Waals surface area contributed by atoms with Crippen molar-refractivity contribution in [3.8, 4) is 0 Å². The van der Waals surface area contributed by atoms with Crippen molar-refractivity contribution in [1.82, 2.24) is 15.5 Å². The first-order valence-corrected chi connectivity index (χ1v) is 7.33. The molecule has 1 heterocycles. The Morgan fingerprint density at radius 2 is 2.22 bits per heavy atom. The van der Waals surface area contributed by atoms with Gasteiger partial charge in [0, 0.05) is 0 Å². The van der Waals surface area contributed by atoms with Crippen LogP contribution in [0.15, 0.2) is 0 Å². The van der Waals surface area contributed by atoms with E-state index in [4.69, 9.17) is 5.11 Å². The number of aryl methyl sites for hydroxylation is 1. The van der Waals surface area contributed by atoms with Crippen LogP contribution in [0.1, 0.15) is 11.4 Å². The van der Waals surface area contributed by atoms with E-state index in [-0.39, 0.29) is 0 Å². The molecule has 3 N–H and O–H groups in total. The van der Waals surface area contributed by atoms with Crippen molar-refractivity contribution >= 4 is 40.2 Å². The molecule has 0 radical (unpaired) electrons. The van der Waals surface area contributed by atoms with Gasteiger partial charge < -0.3 is 10.4 Å². The number of nitrogens with one attached hydrogen (secondary N) is 2. The normalized spacial score (nSPS) is 11.9. The molecule has 0 aliphatic carbocycles. The van der Waals surface area contributed by atoms with Crippen molar-refractivity contribution in [3.63, 3.8) is 0 Å². The summed E-state index contributed by atoms with van der Waals surface area (Å²) in [5.41, 5.74) is 0. The van der Waals surface area contributed by atoms with Gasteiger partial charge in [-0.05, 0) is 25.4 Å². The number of carbonyl (C=O) groups excluding carboxylic acids is 1. The number of thioether (sulfide) groups is 1. The van der Waals surface area contributed by atoms with Gasteiger partial charge >= 0.3 is 12.0 Å². The largest absolute Gasteiger partial charge is 0.480 e. The highest BCUT2D eigenvalue weighted by atomic mass is 32.2. The molecule has 0 aliphatic heterocycles. The van der Waals surface area contributed by atoms with Gasteiger partial charge in [-0.2, -0.15) is 11.8 Å². The number of anilines is 1. The molecule has 0 saturated carbocycles. The van der Waals surface area contributed by atoms with E-state index in [2.05, 4.69) is 20.8 Å². The number of rotatable bonds is 6. The van der Waals surface area contributed by atoms with Crippen LogP contribution in [-0.2, 0) is 4.79 Å². The van der Waals surface area contributed by atoms with Crippen LogP contribution in [0.25, 0.3) is 0 Å². The van der Waals surface area contributed by atoms with Crippen molar-refractivity contribution in [2.24, 2.45) is 0 Å². The molecule has 0 aliphatic rings. The first kappa shape index (κ1) is 14.7. The molecule has 0 bridgehead atoms. The topological polar surface area (TPSA) is 104 Å². The predicted molar refractivity (Wildman–Crippen MR) is 71.2 cm³/mol. The molecule has 100 valence electrons. The van der Waals surface area contributed by atoms with Gasteiger partial charge in [-0.15, -0.1) is 10.2 Å². The summed E-state index contributed by atoms with van der Waals surface area (Å²) in [5.74, 6) is -0.387. The van der Waals surface area contributed by atoms with Crippen LogP contribution in [0.5, 0.6) is 0 Å². The number of carboxylic acids is 1. The molecule has 0 aromatic carbocycles. The van der Waals surface area contributed by atoms with Gasteiger partial charge in [-0.25, -0.2) is 9.59 Å². The molecule has 9 heteroatoms. The Morgan fingerprint density at radius 1 is 1.50 bits per heavy atom. The Hall–Kier alpha value is -1.35. The summed E-state index contributed by atoms with van der Waals surface area (Å²) in [4.78, 5) is 22.5. The van der Waals surface area contributed by atoms with E-state index in [1.54, 1.807) is 6.92 Å². The number of amides is 2. The molecular formula is C9H14N4O3S2. The summed E-state index contributed by atoms with van der Waals surface area (Å²) >= 11 is 2.75. The van der Waals surface area contributed by atoms with Gasteiger partial charge in [0.1, 0.15) is 11.0 Å². The van der Waals surface area contributed by atoms with Crippen molar-refractivity contribution in [3.05, 3.63) is 5.01 Å². The van der Waals surface area contributed by atoms with E-state index in [1.807, 2.05) is 6.26 Å². The van der Waals surface area contributed by atoms with E-state index in [0.717, 1.165) is 5.01 Å². The molecule has 0 fully saturated rings. The highest BCUT2D eigenvalue weighted by Crippen LogP contribution is 2.13. The van der Waals surface area contributed by atoms with Crippen LogP contribution < -0.4 is 10.6 Å². The SMILES string of the molecule is CSCC[C@H](NC(=O)Nc1nnc(C)s1)C(=O)O. The highest BCUT2D eigenvalue weighted by Gasteiger charge is 2.19. The first-order chi connectivity index (χ1) is 8.52. The number of aromatic nitrogens is 2. The van der Waals surface area contributed by atoms with E-state index in [1.165, 1.54) is 23.1 Å². The summed E-state index contributed by atoms with van der Waals surface area (Å²) in [6.45, 7) is 1.76. The maximum absolute atomic E-state index is 11.5. The molecule has 7 nitrogen and oxygen atoms in total. The van der Waals surface area contributed by atoms with Gasteiger partial charge in [0.25, 0.3) is 0 Å². The number of aliphatic carboxylic acids is 1. The van der Waals surface area contributed by atoms with Gasteiger partial charge in [-0.3, -0.25) is 5.32 Å². The molecular weight excluding hydrogens is 276 g/mol. The summed E-state index contributed by atoms with van der Waals surface area (Å²) in [5, 5.41) is 22.3. The number of hydrogen-bond acceptors (Lipinski definition) is 6. The second-order valence-corrected chi connectivity index (χ2v) is 5.56. The Balaban J connectivity index is 2.48. The average Bonchev–Trinajstić information content (AvgIpc) is 2.69. The monoisotopic (exact) mass is 290 g/mol. The van der Waals surface area contributed by atoms with Gasteiger partial charge in [0.15, 0.2) is 0 Å². The van der Waals surface area contributed by atoms with Crippen molar-refractivity contribution in [2.45, 2.75) is 19.4 Å². The lowest BCUT2D eigenvalue weighted by Crippen LogP contribution is -2.43. The van der Waals surface area contributed by atoms with Crippen LogP contribution in [0.2, 0.25) is 0 Å². The summed E-state index contributed by atoms with van der Waals surface area (Å²) in [7, 11) is 0. The molecule has 0 unspecified atom stereocenters. The fourth-order valence-corrected chi connectivity index (χ4v) is 2.19. The fourth-order valence-electron chi connectivity index (χ4n) is 1.13. The highest BCUT2D eigenvalue weighted by molar-refractivity contribution is 7.98. The zero-order valence-electron chi connectivity index (χ0n) is 9.97. The lowest BCUT2D eigenvalue weighted by Gasteiger charge is -2.13. The molecule has 18 heavy (non-hydrogen) atoms. The maximum atomic E-state index is 11.5. The number of nitrogens with zero attached hydrogens (tertiary/aromatic N) is 2. The summed E-state index contributed by atoms with van der Waals surface area (Å²) < 4.78 is 0. The second-order valence-electron chi connectivity index (χ2n) is 3.40. The van der Waals surface area contributed by atoms with Gasteiger partial charge in [-0.1, -0.05) is 11.3 Å². The zero-order chi connectivity index (χ0) is 13.5. The summed E-state index contributed by atoms with van der Waals surface area (Å²) in [6, 6.07) is -1.48. The van der Waals surface area contributed by atoms with Crippen LogP contribution in [0.3, 0.4) is 0 Å². The molecule has 2 amide bonds. The van der Waals surface area contributed by atoms with E-state index >= 15 is 0 Å². The van der Waals surface area contributed by atoms with Gasteiger partial charge in [0.2, 0.25) is 5.13 Å². The van der Waals surface area contributed by atoms with Gasteiger partial charge in [0.05, 0.1) is 0 Å². The smallest absolute Gasteiger partial charge is 0.326 e. The lowest BCUT2D eigenvalue weighted by atomic mass is 10.2. The standard InChI is InChI=1S/C9H14N4O3S2/c1-5-12-13-9(18-5)11-8(16)10-6(7(14)15)3-4-17-2/h6H,3-4H2,1-2H3,(H,14,15)(H2,10,11,13,16)/t6-/m0/s1. The predicted octanol–water partition coefficient (Wildman–Crippen LogP) is 1.17. The molecule has 1 aromatic heterocycles. The number of carboxylic acid groups (broad SMARTS) is 1. The molecule has 0 spiro atoms.